The normalized spacial score (nSPS) is 12.0. The summed E-state index contributed by atoms with van der Waals surface area (Å²) in [6.07, 6.45) is 0. The first kappa shape index (κ1) is 18.5. The topological polar surface area (TPSA) is 73.6 Å². The standard InChI is InChI=1S/C20H17N3O3S2/c1-3-26-16(24)11-23-17-12(2)7-6-10-15(17)28-20(23)22-18(25)19-21-13-8-4-5-9-14(13)27-19/h4-10H,3,11H2,1-2H3. The number of ether oxygens (including phenoxy) is 1. The molecule has 0 spiro atoms. The Morgan fingerprint density at radius 3 is 2.68 bits per heavy atom. The van der Waals surface area contributed by atoms with Crippen molar-refractivity contribution < 1.29 is 14.3 Å². The summed E-state index contributed by atoms with van der Waals surface area (Å²) in [5.41, 5.74) is 2.67. The van der Waals surface area contributed by atoms with Gasteiger partial charge in [-0.2, -0.15) is 4.99 Å². The number of nitrogens with zero attached hydrogens (tertiary/aromatic N) is 3. The number of amides is 1. The maximum Gasteiger partial charge on any atom is 0.326 e. The summed E-state index contributed by atoms with van der Waals surface area (Å²) in [7, 11) is 0. The van der Waals surface area contributed by atoms with E-state index in [0.717, 1.165) is 26.0 Å². The molecule has 0 saturated carbocycles. The Labute approximate surface area is 168 Å². The minimum absolute atomic E-state index is 0.00461. The lowest BCUT2D eigenvalue weighted by atomic mass is 10.2. The van der Waals surface area contributed by atoms with Crippen molar-refractivity contribution >= 4 is 55.0 Å². The van der Waals surface area contributed by atoms with Crippen molar-refractivity contribution in [2.75, 3.05) is 6.61 Å². The SMILES string of the molecule is CCOC(=O)Cn1c(=NC(=O)c2nc3ccccc3s2)sc2cccc(C)c21. The van der Waals surface area contributed by atoms with Gasteiger partial charge in [0.2, 0.25) is 0 Å². The number of benzene rings is 2. The van der Waals surface area contributed by atoms with Crippen molar-refractivity contribution in [3.05, 3.63) is 57.8 Å². The number of carbonyl (C=O) groups excluding carboxylic acids is 2. The molecule has 2 aromatic carbocycles. The lowest BCUT2D eigenvalue weighted by Gasteiger charge is -2.06. The fourth-order valence-electron chi connectivity index (χ4n) is 2.97. The lowest BCUT2D eigenvalue weighted by Crippen LogP contribution is -2.23. The molecule has 2 heterocycles. The third-order valence-electron chi connectivity index (χ3n) is 4.17. The first-order valence-corrected chi connectivity index (χ1v) is 10.4. The molecule has 4 aromatic rings. The molecule has 6 nitrogen and oxygen atoms in total. The zero-order valence-electron chi connectivity index (χ0n) is 15.3. The van der Waals surface area contributed by atoms with E-state index in [0.29, 0.717) is 16.4 Å². The second kappa shape index (κ2) is 7.65. The Morgan fingerprint density at radius 2 is 1.89 bits per heavy atom. The smallest absolute Gasteiger partial charge is 0.326 e. The van der Waals surface area contributed by atoms with Crippen molar-refractivity contribution in [2.24, 2.45) is 4.99 Å². The third kappa shape index (κ3) is 3.48. The number of aryl methyl sites for hydroxylation is 1. The Balaban J connectivity index is 1.83. The molecule has 8 heteroatoms. The van der Waals surface area contributed by atoms with Gasteiger partial charge in [0.25, 0.3) is 0 Å². The highest BCUT2D eigenvalue weighted by molar-refractivity contribution is 7.20. The zero-order valence-corrected chi connectivity index (χ0v) is 17.0. The summed E-state index contributed by atoms with van der Waals surface area (Å²) in [4.78, 5) is 34.0. The van der Waals surface area contributed by atoms with Gasteiger partial charge in [-0.25, -0.2) is 4.98 Å². The highest BCUT2D eigenvalue weighted by Crippen LogP contribution is 2.23. The van der Waals surface area contributed by atoms with Crippen LogP contribution in [0.3, 0.4) is 0 Å². The zero-order chi connectivity index (χ0) is 19.7. The lowest BCUT2D eigenvalue weighted by molar-refractivity contribution is -0.143. The van der Waals surface area contributed by atoms with Crippen LogP contribution < -0.4 is 4.80 Å². The molecule has 0 aliphatic carbocycles. The largest absolute Gasteiger partial charge is 0.465 e. The van der Waals surface area contributed by atoms with Gasteiger partial charge >= 0.3 is 11.9 Å². The van der Waals surface area contributed by atoms with Crippen molar-refractivity contribution in [3.63, 3.8) is 0 Å². The molecule has 28 heavy (non-hydrogen) atoms. The highest BCUT2D eigenvalue weighted by Gasteiger charge is 2.16. The van der Waals surface area contributed by atoms with Crippen LogP contribution in [0.1, 0.15) is 22.3 Å². The van der Waals surface area contributed by atoms with Crippen LogP contribution in [0.5, 0.6) is 0 Å². The minimum Gasteiger partial charge on any atom is -0.465 e. The van der Waals surface area contributed by atoms with Gasteiger partial charge in [0.1, 0.15) is 6.54 Å². The van der Waals surface area contributed by atoms with E-state index < -0.39 is 5.91 Å². The number of hydrogen-bond donors (Lipinski definition) is 0. The van der Waals surface area contributed by atoms with Gasteiger partial charge in [-0.05, 0) is 37.6 Å². The summed E-state index contributed by atoms with van der Waals surface area (Å²) in [6.45, 7) is 4.04. The van der Waals surface area contributed by atoms with Crippen LogP contribution in [0.4, 0.5) is 0 Å². The number of thiazole rings is 2. The number of para-hydroxylation sites is 2. The van der Waals surface area contributed by atoms with E-state index >= 15 is 0 Å². The second-order valence-electron chi connectivity index (χ2n) is 6.10. The van der Waals surface area contributed by atoms with Gasteiger partial charge in [-0.1, -0.05) is 35.6 Å². The molecule has 1 amide bonds. The van der Waals surface area contributed by atoms with Gasteiger partial charge in [-0.15, -0.1) is 11.3 Å². The molecule has 0 aliphatic heterocycles. The van der Waals surface area contributed by atoms with E-state index in [1.54, 1.807) is 11.5 Å². The van der Waals surface area contributed by atoms with Crippen LogP contribution in [0.15, 0.2) is 47.5 Å². The monoisotopic (exact) mass is 411 g/mol. The van der Waals surface area contributed by atoms with E-state index in [9.17, 15) is 9.59 Å². The minimum atomic E-state index is -0.414. The Bertz CT molecular complexity index is 1230. The number of aromatic nitrogens is 2. The van der Waals surface area contributed by atoms with Crippen LogP contribution in [-0.4, -0.2) is 28.0 Å². The van der Waals surface area contributed by atoms with E-state index in [4.69, 9.17) is 4.74 Å². The molecular weight excluding hydrogens is 394 g/mol. The summed E-state index contributed by atoms with van der Waals surface area (Å²) < 4.78 is 8.74. The summed E-state index contributed by atoms with van der Waals surface area (Å²) in [6, 6.07) is 13.5. The van der Waals surface area contributed by atoms with Gasteiger partial charge in [0, 0.05) is 0 Å². The number of fused-ring (bicyclic) bond motifs is 2. The first-order valence-electron chi connectivity index (χ1n) is 8.76. The summed E-state index contributed by atoms with van der Waals surface area (Å²) >= 11 is 2.68. The molecule has 0 bridgehead atoms. The predicted molar refractivity (Wildman–Crippen MR) is 111 cm³/mol. The number of hydrogen-bond acceptors (Lipinski definition) is 6. The van der Waals surface area contributed by atoms with Gasteiger partial charge in [-0.3, -0.25) is 9.59 Å². The molecule has 0 unspecified atom stereocenters. The van der Waals surface area contributed by atoms with Crippen LogP contribution in [-0.2, 0) is 16.1 Å². The van der Waals surface area contributed by atoms with Crippen LogP contribution in [0.2, 0.25) is 0 Å². The molecule has 0 saturated heterocycles. The van der Waals surface area contributed by atoms with Gasteiger partial charge < -0.3 is 9.30 Å². The predicted octanol–water partition coefficient (Wildman–Crippen LogP) is 3.93. The Kier molecular flexibility index (Phi) is 5.06. The Morgan fingerprint density at radius 1 is 1.11 bits per heavy atom. The van der Waals surface area contributed by atoms with Crippen LogP contribution in [0, 0.1) is 6.92 Å². The quantitative estimate of drug-likeness (QED) is 0.477. The fourth-order valence-corrected chi connectivity index (χ4v) is 4.93. The molecule has 0 fully saturated rings. The van der Waals surface area contributed by atoms with Crippen LogP contribution in [0.25, 0.3) is 20.4 Å². The molecule has 4 rings (SSSR count). The Hall–Kier alpha value is -2.84. The average molecular weight is 412 g/mol. The second-order valence-corrected chi connectivity index (χ2v) is 8.14. The van der Waals surface area contributed by atoms with Crippen molar-refractivity contribution in [3.8, 4) is 0 Å². The molecule has 0 radical (unpaired) electrons. The van der Waals surface area contributed by atoms with Crippen molar-refractivity contribution in [1.29, 1.82) is 0 Å². The van der Waals surface area contributed by atoms with Crippen LogP contribution >= 0.6 is 22.7 Å². The maximum absolute atomic E-state index is 12.8. The summed E-state index contributed by atoms with van der Waals surface area (Å²) in [5.74, 6) is -0.776. The van der Waals surface area contributed by atoms with Gasteiger partial charge in [0.15, 0.2) is 9.81 Å². The number of esters is 1. The third-order valence-corrected chi connectivity index (χ3v) is 6.24. The molecule has 142 valence electrons. The molecule has 0 atom stereocenters. The number of carbonyl (C=O) groups is 2. The number of rotatable bonds is 4. The maximum atomic E-state index is 12.8. The average Bonchev–Trinajstić information content (AvgIpc) is 3.24. The van der Waals surface area contributed by atoms with E-state index in [-0.39, 0.29) is 12.5 Å². The van der Waals surface area contributed by atoms with E-state index in [1.807, 2.05) is 49.4 Å². The van der Waals surface area contributed by atoms with E-state index in [1.165, 1.54) is 22.7 Å². The first-order chi connectivity index (χ1) is 13.6. The van der Waals surface area contributed by atoms with Crippen molar-refractivity contribution in [1.82, 2.24) is 9.55 Å². The summed E-state index contributed by atoms with van der Waals surface area (Å²) in [5, 5.41) is 0.332. The molecular formula is C20H17N3O3S2. The molecule has 0 aliphatic rings. The fraction of sp³-hybridized carbons (Fsp3) is 0.200. The van der Waals surface area contributed by atoms with E-state index in [2.05, 4.69) is 9.98 Å². The highest BCUT2D eigenvalue weighted by atomic mass is 32.1. The van der Waals surface area contributed by atoms with Gasteiger partial charge in [0.05, 0.1) is 27.0 Å². The molecule has 2 aromatic heterocycles. The molecule has 0 N–H and O–H groups in total. The van der Waals surface area contributed by atoms with Crippen molar-refractivity contribution in [2.45, 2.75) is 20.4 Å².